The van der Waals surface area contributed by atoms with Gasteiger partial charge in [-0.05, 0) is 44.2 Å². The first-order valence-corrected chi connectivity index (χ1v) is 5.34. The number of benzene rings is 1. The number of ketones is 1. The fraction of sp³-hybridized carbons (Fsp3) is 0.231. The van der Waals surface area contributed by atoms with Gasteiger partial charge in [-0.1, -0.05) is 0 Å². The molecule has 0 aromatic heterocycles. The number of hydrogen-bond acceptors (Lipinski definition) is 4. The number of carbonyl (C=O) groups is 2. The van der Waals surface area contributed by atoms with Gasteiger partial charge in [0, 0.05) is 11.9 Å². The number of esters is 1. The summed E-state index contributed by atoms with van der Waals surface area (Å²) in [5.41, 5.74) is 1.31. The van der Waals surface area contributed by atoms with Crippen molar-refractivity contribution < 1.29 is 14.3 Å². The van der Waals surface area contributed by atoms with Crippen LogP contribution in [-0.4, -0.2) is 18.4 Å². The molecule has 0 fully saturated rings. The fourth-order valence-electron chi connectivity index (χ4n) is 1.17. The third kappa shape index (κ3) is 4.51. The Morgan fingerprint density at radius 2 is 1.94 bits per heavy atom. The second kappa shape index (κ2) is 6.48. The van der Waals surface area contributed by atoms with Crippen LogP contribution in [0.1, 0.15) is 24.2 Å². The summed E-state index contributed by atoms with van der Waals surface area (Å²) in [6.45, 7) is 3.60. The van der Waals surface area contributed by atoms with Gasteiger partial charge in [-0.15, -0.1) is 0 Å². The first kappa shape index (κ1) is 13.0. The van der Waals surface area contributed by atoms with Crippen molar-refractivity contribution >= 4 is 17.4 Å². The van der Waals surface area contributed by atoms with E-state index in [0.717, 1.165) is 5.69 Å². The Labute approximate surface area is 100 Å². The molecule has 0 saturated carbocycles. The summed E-state index contributed by atoms with van der Waals surface area (Å²) in [7, 11) is 0. The third-order valence-electron chi connectivity index (χ3n) is 1.96. The van der Waals surface area contributed by atoms with Crippen molar-refractivity contribution in [2.24, 2.45) is 0 Å². The molecule has 17 heavy (non-hydrogen) atoms. The van der Waals surface area contributed by atoms with E-state index in [2.05, 4.69) is 5.32 Å². The van der Waals surface area contributed by atoms with E-state index in [1.165, 1.54) is 13.0 Å². The SMILES string of the molecule is CCOC(=O)c1ccc(N/C=C\C(C)=O)cc1. The van der Waals surface area contributed by atoms with Gasteiger partial charge in [0.25, 0.3) is 0 Å². The number of allylic oxidation sites excluding steroid dienone is 1. The second-order valence-electron chi connectivity index (χ2n) is 3.39. The Bertz CT molecular complexity index is 421. The summed E-state index contributed by atoms with van der Waals surface area (Å²) < 4.78 is 4.86. The highest BCUT2D eigenvalue weighted by molar-refractivity contribution is 5.90. The minimum Gasteiger partial charge on any atom is -0.462 e. The first-order chi connectivity index (χ1) is 8.13. The lowest BCUT2D eigenvalue weighted by atomic mass is 10.2. The van der Waals surface area contributed by atoms with Gasteiger partial charge >= 0.3 is 5.97 Å². The number of anilines is 1. The zero-order chi connectivity index (χ0) is 12.7. The molecular weight excluding hydrogens is 218 g/mol. The lowest BCUT2D eigenvalue weighted by Gasteiger charge is -2.03. The van der Waals surface area contributed by atoms with Crippen LogP contribution in [0.2, 0.25) is 0 Å². The van der Waals surface area contributed by atoms with E-state index in [4.69, 9.17) is 4.74 Å². The van der Waals surface area contributed by atoms with Gasteiger partial charge in [-0.2, -0.15) is 0 Å². The quantitative estimate of drug-likeness (QED) is 0.626. The summed E-state index contributed by atoms with van der Waals surface area (Å²) in [6.07, 6.45) is 2.99. The first-order valence-electron chi connectivity index (χ1n) is 5.34. The van der Waals surface area contributed by atoms with E-state index in [1.54, 1.807) is 37.4 Å². The molecule has 0 aliphatic rings. The summed E-state index contributed by atoms with van der Waals surface area (Å²) in [4.78, 5) is 22.0. The maximum Gasteiger partial charge on any atom is 0.338 e. The van der Waals surface area contributed by atoms with E-state index in [9.17, 15) is 9.59 Å². The smallest absolute Gasteiger partial charge is 0.338 e. The standard InChI is InChI=1S/C13H15NO3/c1-3-17-13(16)11-4-6-12(7-5-11)14-9-8-10(2)15/h4-9,14H,3H2,1-2H3/b9-8-. The largest absolute Gasteiger partial charge is 0.462 e. The Morgan fingerprint density at radius 3 is 2.47 bits per heavy atom. The van der Waals surface area contributed by atoms with E-state index >= 15 is 0 Å². The van der Waals surface area contributed by atoms with Crippen LogP contribution in [0.3, 0.4) is 0 Å². The summed E-state index contributed by atoms with van der Waals surface area (Å²) in [6, 6.07) is 6.83. The molecule has 0 aliphatic carbocycles. The monoisotopic (exact) mass is 233 g/mol. The van der Waals surface area contributed by atoms with Crippen LogP contribution in [-0.2, 0) is 9.53 Å². The molecule has 90 valence electrons. The molecule has 0 bridgehead atoms. The van der Waals surface area contributed by atoms with Crippen LogP contribution in [0.5, 0.6) is 0 Å². The fourth-order valence-corrected chi connectivity index (χ4v) is 1.17. The minimum absolute atomic E-state index is 0.0272. The maximum absolute atomic E-state index is 11.4. The maximum atomic E-state index is 11.4. The molecule has 1 aromatic carbocycles. The predicted octanol–water partition coefficient (Wildman–Crippen LogP) is 2.38. The van der Waals surface area contributed by atoms with E-state index in [1.807, 2.05) is 0 Å². The van der Waals surface area contributed by atoms with Gasteiger partial charge in [-0.25, -0.2) is 4.79 Å². The highest BCUT2D eigenvalue weighted by atomic mass is 16.5. The topological polar surface area (TPSA) is 55.4 Å². The molecule has 0 aliphatic heterocycles. The van der Waals surface area contributed by atoms with Crippen LogP contribution < -0.4 is 5.32 Å². The van der Waals surface area contributed by atoms with Gasteiger partial charge in [0.1, 0.15) is 0 Å². The van der Waals surface area contributed by atoms with Crippen molar-refractivity contribution in [3.05, 3.63) is 42.1 Å². The highest BCUT2D eigenvalue weighted by Gasteiger charge is 2.04. The summed E-state index contributed by atoms with van der Waals surface area (Å²) >= 11 is 0. The van der Waals surface area contributed by atoms with Gasteiger partial charge in [0.2, 0.25) is 0 Å². The van der Waals surface area contributed by atoms with Crippen molar-refractivity contribution in [1.29, 1.82) is 0 Å². The van der Waals surface area contributed by atoms with Crippen LogP contribution in [0, 0.1) is 0 Å². The molecule has 0 unspecified atom stereocenters. The highest BCUT2D eigenvalue weighted by Crippen LogP contribution is 2.10. The molecular formula is C13H15NO3. The molecule has 0 heterocycles. The second-order valence-corrected chi connectivity index (χ2v) is 3.39. The Kier molecular flexibility index (Phi) is 4.94. The molecule has 0 saturated heterocycles. The number of rotatable bonds is 5. The lowest BCUT2D eigenvalue weighted by molar-refractivity contribution is -0.112. The average molecular weight is 233 g/mol. The normalized spacial score (nSPS) is 10.2. The molecule has 0 atom stereocenters. The van der Waals surface area contributed by atoms with Crippen LogP contribution in [0.4, 0.5) is 5.69 Å². The Hall–Kier alpha value is -2.10. The van der Waals surface area contributed by atoms with Crippen molar-refractivity contribution in [2.75, 3.05) is 11.9 Å². The summed E-state index contributed by atoms with van der Waals surface area (Å²) in [5, 5.41) is 2.92. The van der Waals surface area contributed by atoms with Crippen LogP contribution in [0.25, 0.3) is 0 Å². The summed E-state index contributed by atoms with van der Waals surface area (Å²) in [5.74, 6) is -0.362. The average Bonchev–Trinajstić information content (AvgIpc) is 2.30. The van der Waals surface area contributed by atoms with E-state index < -0.39 is 0 Å². The molecule has 0 spiro atoms. The molecule has 0 amide bonds. The lowest BCUT2D eigenvalue weighted by Crippen LogP contribution is -2.04. The van der Waals surface area contributed by atoms with E-state index in [-0.39, 0.29) is 11.8 Å². The number of nitrogens with one attached hydrogen (secondary N) is 1. The molecule has 1 rings (SSSR count). The molecule has 0 radical (unpaired) electrons. The number of ether oxygens (including phenoxy) is 1. The van der Waals surface area contributed by atoms with Crippen LogP contribution >= 0.6 is 0 Å². The molecule has 4 nitrogen and oxygen atoms in total. The zero-order valence-corrected chi connectivity index (χ0v) is 9.90. The van der Waals surface area contributed by atoms with Gasteiger partial charge in [0.05, 0.1) is 12.2 Å². The van der Waals surface area contributed by atoms with Gasteiger partial charge < -0.3 is 10.1 Å². The van der Waals surface area contributed by atoms with Gasteiger partial charge in [0.15, 0.2) is 5.78 Å². The van der Waals surface area contributed by atoms with Crippen LogP contribution in [0.15, 0.2) is 36.5 Å². The third-order valence-corrected chi connectivity index (χ3v) is 1.96. The van der Waals surface area contributed by atoms with Crippen molar-refractivity contribution in [3.63, 3.8) is 0 Å². The number of hydrogen-bond donors (Lipinski definition) is 1. The molecule has 1 N–H and O–H groups in total. The predicted molar refractivity (Wildman–Crippen MR) is 65.8 cm³/mol. The minimum atomic E-state index is -0.335. The van der Waals surface area contributed by atoms with Crippen molar-refractivity contribution in [1.82, 2.24) is 0 Å². The Balaban J connectivity index is 2.62. The zero-order valence-electron chi connectivity index (χ0n) is 9.90. The number of carbonyl (C=O) groups excluding carboxylic acids is 2. The Morgan fingerprint density at radius 1 is 1.29 bits per heavy atom. The van der Waals surface area contributed by atoms with Gasteiger partial charge in [-0.3, -0.25) is 4.79 Å². The molecule has 1 aromatic rings. The van der Waals surface area contributed by atoms with Crippen molar-refractivity contribution in [3.8, 4) is 0 Å². The van der Waals surface area contributed by atoms with E-state index in [0.29, 0.717) is 12.2 Å². The molecule has 4 heteroatoms. The van der Waals surface area contributed by atoms with Crippen molar-refractivity contribution in [2.45, 2.75) is 13.8 Å².